The largest absolute Gasteiger partial charge is 0.456 e. The standard InChI is InChI=1S/C40H27ClN2O.C28H17Cl2NO.C12H11N/c41-40-34(42(29-15-4-1-5-16-29)30-17-6-2-7-18-30)23-12-24-35(40)43(31-19-8-3-9-20-31)33-22-13-25-36-39(33)38-32-21-11-10-14-28(32)26-27-37(38)44-36;29-21-12-6-14-23(28(21)30)31(19-9-2-1-3-10-19)22-13-7-15-24-27(22)26-20-11-5-4-8-18(20)16-17-25(26)32-24;1-3-7-11(8-4-1)13-12-9-5-2-6-10-12/h1-27H;1-17H;1-10,13H. The van der Waals surface area contributed by atoms with Crippen molar-refractivity contribution < 1.29 is 8.83 Å². The third-order valence-corrected chi connectivity index (χ3v) is 16.9. The molecule has 14 aromatic carbocycles. The van der Waals surface area contributed by atoms with E-state index < -0.39 is 0 Å². The summed E-state index contributed by atoms with van der Waals surface area (Å²) in [6.07, 6.45) is 0. The molecular weight excluding hydrogens is 1160 g/mol. The molecule has 0 aliphatic heterocycles. The normalized spacial score (nSPS) is 11.1. The van der Waals surface area contributed by atoms with Crippen molar-refractivity contribution >= 4 is 163 Å². The predicted molar refractivity (Wildman–Crippen MR) is 378 cm³/mol. The van der Waals surface area contributed by atoms with Crippen LogP contribution < -0.4 is 20.0 Å². The summed E-state index contributed by atoms with van der Waals surface area (Å²) in [5.74, 6) is 0. The molecule has 1 N–H and O–H groups in total. The fraction of sp³-hybridized carbons (Fsp3) is 0. The van der Waals surface area contributed by atoms with Gasteiger partial charge >= 0.3 is 0 Å². The highest BCUT2D eigenvalue weighted by atomic mass is 35.5. The summed E-state index contributed by atoms with van der Waals surface area (Å²) in [6.45, 7) is 0. The van der Waals surface area contributed by atoms with Crippen molar-refractivity contribution in [3.8, 4) is 0 Å². The third kappa shape index (κ3) is 11.2. The van der Waals surface area contributed by atoms with Gasteiger partial charge in [-0.25, -0.2) is 0 Å². The van der Waals surface area contributed by atoms with Crippen molar-refractivity contribution in [3.05, 3.63) is 343 Å². The second-order valence-electron chi connectivity index (χ2n) is 21.2. The second kappa shape index (κ2) is 25.3. The average molecular weight is 1210 g/mol. The first-order chi connectivity index (χ1) is 43.9. The van der Waals surface area contributed by atoms with Crippen LogP contribution in [0.1, 0.15) is 0 Å². The van der Waals surface area contributed by atoms with Gasteiger partial charge in [0.05, 0.1) is 54.3 Å². The molecule has 0 saturated heterocycles. The van der Waals surface area contributed by atoms with Crippen LogP contribution in [0.4, 0.5) is 62.6 Å². The van der Waals surface area contributed by atoms with Crippen LogP contribution in [0.15, 0.2) is 336 Å². The van der Waals surface area contributed by atoms with E-state index in [9.17, 15) is 0 Å². The van der Waals surface area contributed by atoms with Crippen LogP contribution in [0.25, 0.3) is 65.4 Å². The van der Waals surface area contributed by atoms with Crippen molar-refractivity contribution in [1.82, 2.24) is 0 Å². The number of anilines is 11. The Hall–Kier alpha value is -10.7. The molecule has 428 valence electrons. The third-order valence-electron chi connectivity index (χ3n) is 15.7. The summed E-state index contributed by atoms with van der Waals surface area (Å²) < 4.78 is 12.8. The van der Waals surface area contributed by atoms with Gasteiger partial charge in [0.25, 0.3) is 0 Å². The first-order valence-corrected chi connectivity index (χ1v) is 30.4. The van der Waals surface area contributed by atoms with Gasteiger partial charge in [0.2, 0.25) is 0 Å². The van der Waals surface area contributed by atoms with Gasteiger partial charge in [0.15, 0.2) is 0 Å². The molecule has 0 aliphatic carbocycles. The highest BCUT2D eigenvalue weighted by Crippen LogP contribution is 2.51. The van der Waals surface area contributed by atoms with E-state index in [1.807, 2.05) is 158 Å². The minimum Gasteiger partial charge on any atom is -0.456 e. The molecule has 0 radical (unpaired) electrons. The van der Waals surface area contributed by atoms with E-state index in [2.05, 4.69) is 184 Å². The number of nitrogens with zero attached hydrogens (tertiary/aromatic N) is 3. The number of hydrogen-bond donors (Lipinski definition) is 1. The topological polar surface area (TPSA) is 48.0 Å². The zero-order valence-corrected chi connectivity index (χ0v) is 50.2. The van der Waals surface area contributed by atoms with Gasteiger partial charge in [0.1, 0.15) is 22.3 Å². The zero-order valence-electron chi connectivity index (χ0n) is 48.0. The molecule has 9 heteroatoms. The maximum absolute atomic E-state index is 7.53. The molecule has 0 saturated carbocycles. The monoisotopic (exact) mass is 1210 g/mol. The quantitative estimate of drug-likeness (QED) is 0.139. The molecule has 0 aliphatic rings. The van der Waals surface area contributed by atoms with E-state index >= 15 is 0 Å². The fourth-order valence-corrected chi connectivity index (χ4v) is 12.5. The summed E-state index contributed by atoms with van der Waals surface area (Å²) in [5.41, 5.74) is 14.2. The molecule has 2 aromatic heterocycles. The molecule has 0 fully saturated rings. The average Bonchev–Trinajstić information content (AvgIpc) is 1.68. The molecule has 0 amide bonds. The Kier molecular flexibility index (Phi) is 16.0. The van der Waals surface area contributed by atoms with E-state index in [4.69, 9.17) is 43.6 Å². The van der Waals surface area contributed by atoms with Crippen molar-refractivity contribution in [2.45, 2.75) is 0 Å². The van der Waals surface area contributed by atoms with Crippen LogP contribution in [-0.4, -0.2) is 0 Å². The Morgan fingerprint density at radius 3 is 0.978 bits per heavy atom. The molecular formula is C80H55Cl3N4O2. The Morgan fingerprint density at radius 1 is 0.236 bits per heavy atom. The summed E-state index contributed by atoms with van der Waals surface area (Å²) in [4.78, 5) is 6.60. The summed E-state index contributed by atoms with van der Waals surface area (Å²) in [5, 5.41) is 13.9. The van der Waals surface area contributed by atoms with Crippen molar-refractivity contribution in [3.63, 3.8) is 0 Å². The lowest BCUT2D eigenvalue weighted by Gasteiger charge is -2.31. The van der Waals surface area contributed by atoms with Crippen molar-refractivity contribution in [2.24, 2.45) is 0 Å². The number of furan rings is 2. The Bertz CT molecular complexity index is 5030. The van der Waals surface area contributed by atoms with E-state index in [0.29, 0.717) is 15.1 Å². The molecule has 16 aromatic rings. The fourth-order valence-electron chi connectivity index (χ4n) is 11.8. The van der Waals surface area contributed by atoms with Gasteiger partial charge in [0, 0.05) is 44.9 Å². The molecule has 6 nitrogen and oxygen atoms in total. The van der Waals surface area contributed by atoms with Crippen LogP contribution in [0.2, 0.25) is 15.1 Å². The second-order valence-corrected chi connectivity index (χ2v) is 22.4. The van der Waals surface area contributed by atoms with Crippen LogP contribution in [0.3, 0.4) is 0 Å². The molecule has 16 rings (SSSR count). The minimum absolute atomic E-state index is 0.507. The predicted octanol–water partition coefficient (Wildman–Crippen LogP) is 25.3. The minimum atomic E-state index is 0.507. The molecule has 0 atom stereocenters. The summed E-state index contributed by atoms with van der Waals surface area (Å²) in [6, 6.07) is 111. The molecule has 0 spiro atoms. The Labute approximate surface area is 530 Å². The molecule has 2 heterocycles. The Balaban J connectivity index is 0.000000134. The maximum Gasteiger partial charge on any atom is 0.137 e. The number of halogens is 3. The van der Waals surface area contributed by atoms with Gasteiger partial charge in [-0.15, -0.1) is 0 Å². The zero-order chi connectivity index (χ0) is 60.0. The maximum atomic E-state index is 7.53. The number of nitrogens with one attached hydrogen (secondary N) is 1. The van der Waals surface area contributed by atoms with Crippen LogP contribution >= 0.6 is 34.8 Å². The summed E-state index contributed by atoms with van der Waals surface area (Å²) >= 11 is 20.7. The lowest BCUT2D eigenvalue weighted by atomic mass is 10.0. The van der Waals surface area contributed by atoms with Gasteiger partial charge in [-0.05, 0) is 155 Å². The first-order valence-electron chi connectivity index (χ1n) is 29.3. The first kappa shape index (κ1) is 56.1. The number of benzene rings is 14. The molecule has 89 heavy (non-hydrogen) atoms. The van der Waals surface area contributed by atoms with Crippen LogP contribution in [0.5, 0.6) is 0 Å². The lowest BCUT2D eigenvalue weighted by molar-refractivity contribution is 0.669. The molecule has 0 bridgehead atoms. The smallest absolute Gasteiger partial charge is 0.137 e. The van der Waals surface area contributed by atoms with Crippen LogP contribution in [0, 0.1) is 0 Å². The SMILES string of the molecule is Clc1c(N(c2ccccc2)c2ccccc2)cccc1N(c1ccccc1)c1cccc2oc3ccc4ccccc4c3c12.Clc1cccc(N(c2ccccc2)c2cccc3oc4ccc5ccccc5c4c23)c1Cl.c1ccc(Nc2ccccc2)cc1. The highest BCUT2D eigenvalue weighted by molar-refractivity contribution is 6.44. The highest BCUT2D eigenvalue weighted by Gasteiger charge is 2.26. The van der Waals surface area contributed by atoms with Gasteiger partial charge in [-0.3, -0.25) is 0 Å². The number of fused-ring (bicyclic) bond motifs is 10. The van der Waals surface area contributed by atoms with E-state index in [1.165, 1.54) is 10.8 Å². The van der Waals surface area contributed by atoms with Gasteiger partial charge in [-0.1, -0.05) is 229 Å². The van der Waals surface area contributed by atoms with Gasteiger partial charge < -0.3 is 28.9 Å². The summed E-state index contributed by atoms with van der Waals surface area (Å²) in [7, 11) is 0. The van der Waals surface area contributed by atoms with Crippen molar-refractivity contribution in [2.75, 3.05) is 20.0 Å². The van der Waals surface area contributed by atoms with Crippen molar-refractivity contribution in [1.29, 1.82) is 0 Å². The van der Waals surface area contributed by atoms with Crippen LogP contribution in [-0.2, 0) is 0 Å². The Morgan fingerprint density at radius 2 is 0.551 bits per heavy atom. The number of para-hydroxylation sites is 6. The number of rotatable bonds is 11. The lowest BCUT2D eigenvalue weighted by Crippen LogP contribution is -2.14. The molecule has 0 unspecified atom stereocenters. The van der Waals surface area contributed by atoms with E-state index in [-0.39, 0.29) is 0 Å². The van der Waals surface area contributed by atoms with E-state index in [1.54, 1.807) is 6.07 Å². The van der Waals surface area contributed by atoms with Gasteiger partial charge in [-0.2, -0.15) is 0 Å². The van der Waals surface area contributed by atoms with E-state index in [0.717, 1.165) is 117 Å². The number of hydrogen-bond acceptors (Lipinski definition) is 6.